The predicted octanol–water partition coefficient (Wildman–Crippen LogP) is 5.35. The van der Waals surface area contributed by atoms with Crippen LogP contribution in [0.3, 0.4) is 0 Å². The Hall–Kier alpha value is -4.30. The Morgan fingerprint density at radius 2 is 1.77 bits per heavy atom. The first-order chi connectivity index (χ1) is 19.3. The number of ether oxygens (including phenoxy) is 3. The van der Waals surface area contributed by atoms with Gasteiger partial charge in [-0.3, -0.25) is 9.59 Å². The van der Waals surface area contributed by atoms with E-state index in [9.17, 15) is 14.4 Å². The van der Waals surface area contributed by atoms with Gasteiger partial charge < -0.3 is 24.4 Å². The van der Waals surface area contributed by atoms with Crippen LogP contribution in [-0.4, -0.2) is 36.1 Å². The Morgan fingerprint density at radius 1 is 1.02 bits per heavy atom. The summed E-state index contributed by atoms with van der Waals surface area (Å²) in [5.41, 5.74) is 4.00. The van der Waals surface area contributed by atoms with Crippen molar-refractivity contribution in [2.24, 2.45) is 0 Å². The number of benzene rings is 3. The number of amides is 2. The second-order valence-corrected chi connectivity index (χ2v) is 10.0. The van der Waals surface area contributed by atoms with Crippen LogP contribution in [0.5, 0.6) is 11.5 Å². The van der Waals surface area contributed by atoms with E-state index in [-0.39, 0.29) is 38.2 Å². The van der Waals surface area contributed by atoms with E-state index < -0.39 is 11.9 Å². The van der Waals surface area contributed by atoms with Crippen molar-refractivity contribution in [3.05, 3.63) is 105 Å². The van der Waals surface area contributed by atoms with Crippen molar-refractivity contribution in [1.82, 2.24) is 10.2 Å². The molecule has 2 aliphatic rings. The number of halogens is 1. The number of nitrogens with zero attached hydrogens (tertiary/aromatic N) is 1. The summed E-state index contributed by atoms with van der Waals surface area (Å²) < 4.78 is 16.1. The zero-order valence-electron chi connectivity index (χ0n) is 22.2. The number of hydrogen-bond donors (Lipinski definition) is 1. The Bertz CT molecular complexity index is 1480. The molecule has 3 aromatic carbocycles. The van der Waals surface area contributed by atoms with Gasteiger partial charge in [-0.1, -0.05) is 41.9 Å². The lowest BCUT2D eigenvalue weighted by Crippen LogP contribution is -2.38. The molecule has 0 saturated heterocycles. The molecule has 0 aromatic heterocycles. The molecule has 0 bridgehead atoms. The Labute approximate surface area is 237 Å². The van der Waals surface area contributed by atoms with Gasteiger partial charge >= 0.3 is 5.97 Å². The fourth-order valence-electron chi connectivity index (χ4n) is 4.96. The van der Waals surface area contributed by atoms with Crippen LogP contribution < -0.4 is 14.8 Å². The predicted molar refractivity (Wildman–Crippen MR) is 149 cm³/mol. The van der Waals surface area contributed by atoms with Crippen molar-refractivity contribution < 1.29 is 28.6 Å². The van der Waals surface area contributed by atoms with Crippen molar-refractivity contribution in [3.8, 4) is 11.5 Å². The van der Waals surface area contributed by atoms with Gasteiger partial charge in [-0.25, -0.2) is 4.79 Å². The van der Waals surface area contributed by atoms with Gasteiger partial charge in [0.1, 0.15) is 0 Å². The molecule has 40 heavy (non-hydrogen) atoms. The average molecular weight is 561 g/mol. The molecule has 0 spiro atoms. The number of allylic oxidation sites excluding steroid dienone is 1. The third-order valence-corrected chi connectivity index (χ3v) is 7.25. The van der Waals surface area contributed by atoms with E-state index in [4.69, 9.17) is 25.8 Å². The molecule has 2 heterocycles. The molecule has 206 valence electrons. The number of rotatable bonds is 8. The lowest BCUT2D eigenvalue weighted by molar-refractivity contribution is -0.140. The van der Waals surface area contributed by atoms with Crippen molar-refractivity contribution in [2.45, 2.75) is 39.3 Å². The van der Waals surface area contributed by atoms with Crippen LogP contribution in [0.25, 0.3) is 0 Å². The number of hydrogen-bond acceptors (Lipinski definition) is 6. The second kappa shape index (κ2) is 11.8. The normalized spacial score (nSPS) is 16.2. The summed E-state index contributed by atoms with van der Waals surface area (Å²) in [7, 11) is 0. The molecule has 0 radical (unpaired) electrons. The summed E-state index contributed by atoms with van der Waals surface area (Å²) in [5.74, 6) is 0.133. The smallest absolute Gasteiger partial charge is 0.336 e. The van der Waals surface area contributed by atoms with E-state index in [2.05, 4.69) is 5.32 Å². The van der Waals surface area contributed by atoms with Gasteiger partial charge in [-0.15, -0.1) is 0 Å². The zero-order chi connectivity index (χ0) is 28.2. The Kier molecular flexibility index (Phi) is 8.07. The van der Waals surface area contributed by atoms with E-state index in [1.165, 1.54) is 0 Å². The van der Waals surface area contributed by atoms with Gasteiger partial charge in [0.25, 0.3) is 5.91 Å². The van der Waals surface area contributed by atoms with Crippen LogP contribution in [-0.2, 0) is 27.4 Å². The standard InChI is InChI=1S/C31H29ClN2O6/c1-3-38-31(37)29-19(2)34(28(35)15-25(29)23-5-4-6-24(32)14-23)17-20-7-10-22(11-8-20)30(36)33-16-21-9-12-26-27(13-21)40-18-39-26/h4-14,25H,3,15-18H2,1-2H3,(H,33,36). The fraction of sp³-hybridized carbons (Fsp3) is 0.258. The highest BCUT2D eigenvalue weighted by atomic mass is 35.5. The van der Waals surface area contributed by atoms with E-state index in [0.717, 1.165) is 16.7 Å². The van der Waals surface area contributed by atoms with Crippen LogP contribution in [0.15, 0.2) is 78.0 Å². The highest BCUT2D eigenvalue weighted by Crippen LogP contribution is 2.38. The van der Waals surface area contributed by atoms with Crippen LogP contribution >= 0.6 is 11.6 Å². The highest BCUT2D eigenvalue weighted by Gasteiger charge is 2.37. The maximum Gasteiger partial charge on any atom is 0.336 e. The lowest BCUT2D eigenvalue weighted by atomic mass is 9.83. The summed E-state index contributed by atoms with van der Waals surface area (Å²) in [4.78, 5) is 40.6. The number of esters is 1. The minimum absolute atomic E-state index is 0.110. The number of fused-ring (bicyclic) bond motifs is 1. The minimum atomic E-state index is -0.447. The maximum atomic E-state index is 13.3. The topological polar surface area (TPSA) is 94.2 Å². The quantitative estimate of drug-likeness (QED) is 0.373. The third-order valence-electron chi connectivity index (χ3n) is 7.02. The van der Waals surface area contributed by atoms with Gasteiger partial charge in [0.2, 0.25) is 12.7 Å². The molecule has 9 heteroatoms. The van der Waals surface area contributed by atoms with Gasteiger partial charge in [-0.2, -0.15) is 0 Å². The van der Waals surface area contributed by atoms with Gasteiger partial charge in [-0.05, 0) is 66.9 Å². The molecule has 8 nitrogen and oxygen atoms in total. The second-order valence-electron chi connectivity index (χ2n) is 9.58. The summed E-state index contributed by atoms with van der Waals surface area (Å²) in [6.45, 7) is 4.54. The molecule has 3 aromatic rings. The largest absolute Gasteiger partial charge is 0.463 e. The molecule has 1 N–H and O–H groups in total. The van der Waals surface area contributed by atoms with E-state index in [1.54, 1.807) is 49.1 Å². The van der Waals surface area contributed by atoms with Crippen molar-refractivity contribution in [1.29, 1.82) is 0 Å². The number of carbonyl (C=O) groups is 3. The maximum absolute atomic E-state index is 13.3. The van der Waals surface area contributed by atoms with Crippen molar-refractivity contribution in [2.75, 3.05) is 13.4 Å². The SMILES string of the molecule is CCOC(=O)C1=C(C)N(Cc2ccc(C(=O)NCc3ccc4c(c3)OCO4)cc2)C(=O)CC1c1cccc(Cl)c1. The molecule has 0 aliphatic carbocycles. The Morgan fingerprint density at radius 3 is 2.52 bits per heavy atom. The minimum Gasteiger partial charge on any atom is -0.463 e. The van der Waals surface area contributed by atoms with Crippen LogP contribution in [0.1, 0.15) is 53.2 Å². The molecule has 5 rings (SSSR count). The first-order valence-corrected chi connectivity index (χ1v) is 13.4. The van der Waals surface area contributed by atoms with E-state index in [1.807, 2.05) is 36.4 Å². The lowest BCUT2D eigenvalue weighted by Gasteiger charge is -2.34. The van der Waals surface area contributed by atoms with E-state index in [0.29, 0.717) is 39.9 Å². The number of nitrogens with one attached hydrogen (secondary N) is 1. The summed E-state index contributed by atoms with van der Waals surface area (Å²) in [6.07, 6.45) is 0.117. The van der Waals surface area contributed by atoms with Crippen molar-refractivity contribution >= 4 is 29.4 Å². The molecule has 0 fully saturated rings. The monoisotopic (exact) mass is 560 g/mol. The zero-order valence-corrected chi connectivity index (χ0v) is 23.0. The summed E-state index contributed by atoms with van der Waals surface area (Å²) in [5, 5.41) is 3.44. The first-order valence-electron chi connectivity index (χ1n) is 13.0. The van der Waals surface area contributed by atoms with Crippen LogP contribution in [0.2, 0.25) is 5.02 Å². The molecule has 2 aliphatic heterocycles. The number of carbonyl (C=O) groups excluding carboxylic acids is 3. The Balaban J connectivity index is 1.30. The molecular weight excluding hydrogens is 532 g/mol. The van der Waals surface area contributed by atoms with Crippen molar-refractivity contribution in [3.63, 3.8) is 0 Å². The molecule has 2 amide bonds. The highest BCUT2D eigenvalue weighted by molar-refractivity contribution is 6.30. The van der Waals surface area contributed by atoms with Crippen LogP contribution in [0.4, 0.5) is 0 Å². The van der Waals surface area contributed by atoms with Crippen LogP contribution in [0, 0.1) is 0 Å². The molecule has 1 atom stereocenters. The summed E-state index contributed by atoms with van der Waals surface area (Å²) >= 11 is 6.20. The average Bonchev–Trinajstić information content (AvgIpc) is 3.42. The molecule has 0 saturated carbocycles. The third kappa shape index (κ3) is 5.82. The van der Waals surface area contributed by atoms with Gasteiger partial charge in [0.15, 0.2) is 11.5 Å². The van der Waals surface area contributed by atoms with Gasteiger partial charge in [0, 0.05) is 35.2 Å². The van der Waals surface area contributed by atoms with Gasteiger partial charge in [0.05, 0.1) is 18.7 Å². The summed E-state index contributed by atoms with van der Waals surface area (Å²) in [6, 6.07) is 19.8. The first kappa shape index (κ1) is 27.3. The molecular formula is C31H29ClN2O6. The van der Waals surface area contributed by atoms with E-state index >= 15 is 0 Å². The fourth-order valence-corrected chi connectivity index (χ4v) is 5.16. The molecule has 1 unspecified atom stereocenters.